The topological polar surface area (TPSA) is 114 Å². The van der Waals surface area contributed by atoms with E-state index in [-0.39, 0.29) is 17.7 Å². The lowest BCUT2D eigenvalue weighted by molar-refractivity contribution is -0.771. The number of hydrogen-bond donors (Lipinski definition) is 0. The third kappa shape index (κ3) is 3.35. The third-order valence-corrected chi connectivity index (χ3v) is 3.62. The SMILES string of the molecule is COc1cc2c(cc1OC)C(=O)[C@@](O[N+](=O)[O-])(C(=O)OC(C)(C)C)C2. The molecule has 25 heavy (non-hydrogen) atoms. The number of ether oxygens (including phenoxy) is 3. The second-order valence-electron chi connectivity index (χ2n) is 6.51. The molecule has 1 aliphatic carbocycles. The van der Waals surface area contributed by atoms with Gasteiger partial charge in [0, 0.05) is 12.0 Å². The molecule has 0 unspecified atom stereocenters. The molecular weight excluding hydrogens is 334 g/mol. The zero-order chi connectivity index (χ0) is 19.0. The van der Waals surface area contributed by atoms with Gasteiger partial charge in [-0.15, -0.1) is 10.1 Å². The van der Waals surface area contributed by atoms with Gasteiger partial charge in [0.15, 0.2) is 11.5 Å². The van der Waals surface area contributed by atoms with Crippen molar-refractivity contribution in [2.24, 2.45) is 0 Å². The van der Waals surface area contributed by atoms with E-state index in [1.807, 2.05) is 0 Å². The number of Topliss-reactive ketones (excluding diaryl/α,β-unsaturated/α-hetero) is 1. The Hall–Kier alpha value is -2.84. The van der Waals surface area contributed by atoms with E-state index in [0.29, 0.717) is 11.3 Å². The number of hydrogen-bond acceptors (Lipinski definition) is 8. The molecule has 0 aliphatic heterocycles. The molecule has 0 N–H and O–H groups in total. The molecule has 136 valence electrons. The van der Waals surface area contributed by atoms with Gasteiger partial charge in [0.2, 0.25) is 5.78 Å². The van der Waals surface area contributed by atoms with Gasteiger partial charge in [-0.3, -0.25) is 9.63 Å². The average Bonchev–Trinajstić information content (AvgIpc) is 2.76. The largest absolute Gasteiger partial charge is 0.493 e. The van der Waals surface area contributed by atoms with Crippen molar-refractivity contribution in [1.29, 1.82) is 0 Å². The molecule has 0 heterocycles. The van der Waals surface area contributed by atoms with Crippen molar-refractivity contribution in [1.82, 2.24) is 0 Å². The van der Waals surface area contributed by atoms with Gasteiger partial charge >= 0.3 is 5.97 Å². The molecule has 1 aromatic carbocycles. The van der Waals surface area contributed by atoms with Crippen molar-refractivity contribution in [3.63, 3.8) is 0 Å². The van der Waals surface area contributed by atoms with E-state index in [2.05, 4.69) is 4.84 Å². The number of esters is 1. The summed E-state index contributed by atoms with van der Waals surface area (Å²) < 4.78 is 15.5. The highest BCUT2D eigenvalue weighted by Gasteiger charge is 2.57. The van der Waals surface area contributed by atoms with Crippen molar-refractivity contribution < 1.29 is 33.7 Å². The van der Waals surface area contributed by atoms with Crippen LogP contribution in [0.15, 0.2) is 12.1 Å². The van der Waals surface area contributed by atoms with Crippen molar-refractivity contribution in [3.05, 3.63) is 33.4 Å². The summed E-state index contributed by atoms with van der Waals surface area (Å²) >= 11 is 0. The van der Waals surface area contributed by atoms with Crippen molar-refractivity contribution in [2.75, 3.05) is 14.2 Å². The summed E-state index contributed by atoms with van der Waals surface area (Å²) in [5.74, 6) is -1.38. The van der Waals surface area contributed by atoms with Gasteiger partial charge < -0.3 is 14.2 Å². The predicted molar refractivity (Wildman–Crippen MR) is 84.2 cm³/mol. The molecule has 0 amide bonds. The number of carbonyl (C=O) groups is 2. The van der Waals surface area contributed by atoms with Crippen LogP contribution < -0.4 is 9.47 Å². The second kappa shape index (κ2) is 6.23. The van der Waals surface area contributed by atoms with Gasteiger partial charge in [0.05, 0.1) is 14.2 Å². The van der Waals surface area contributed by atoms with E-state index in [1.165, 1.54) is 26.4 Å². The first-order valence-corrected chi connectivity index (χ1v) is 7.40. The summed E-state index contributed by atoms with van der Waals surface area (Å²) in [6, 6.07) is 2.85. The molecule has 0 spiro atoms. The Morgan fingerprint density at radius 1 is 1.20 bits per heavy atom. The molecule has 2 rings (SSSR count). The van der Waals surface area contributed by atoms with Crippen LogP contribution in [0.2, 0.25) is 0 Å². The highest BCUT2D eigenvalue weighted by Crippen LogP contribution is 2.40. The summed E-state index contributed by atoms with van der Waals surface area (Å²) in [5, 5.41) is 9.78. The molecule has 0 bridgehead atoms. The van der Waals surface area contributed by atoms with Crippen molar-refractivity contribution in [3.8, 4) is 11.5 Å². The zero-order valence-electron chi connectivity index (χ0n) is 14.6. The number of carbonyl (C=O) groups excluding carboxylic acids is 2. The molecule has 0 saturated heterocycles. The maximum Gasteiger partial charge on any atom is 0.347 e. The molecule has 1 aliphatic rings. The van der Waals surface area contributed by atoms with Gasteiger partial charge in [-0.05, 0) is 38.5 Å². The highest BCUT2D eigenvalue weighted by molar-refractivity contribution is 6.19. The second-order valence-corrected chi connectivity index (χ2v) is 6.51. The van der Waals surface area contributed by atoms with E-state index in [1.54, 1.807) is 20.8 Å². The normalized spacial score (nSPS) is 19.2. The van der Waals surface area contributed by atoms with Crippen LogP contribution in [-0.4, -0.2) is 42.3 Å². The van der Waals surface area contributed by atoms with E-state index >= 15 is 0 Å². The van der Waals surface area contributed by atoms with E-state index in [4.69, 9.17) is 14.2 Å². The fourth-order valence-corrected chi connectivity index (χ4v) is 2.61. The molecule has 1 aromatic rings. The quantitative estimate of drug-likeness (QED) is 0.340. The Labute approximate surface area is 143 Å². The molecular formula is C16H19NO8. The molecule has 0 aromatic heterocycles. The Balaban J connectivity index is 2.54. The van der Waals surface area contributed by atoms with Crippen LogP contribution in [0, 0.1) is 10.1 Å². The summed E-state index contributed by atoms with van der Waals surface area (Å²) in [6.45, 7) is 4.76. The highest BCUT2D eigenvalue weighted by atomic mass is 17.0. The molecule has 0 fully saturated rings. The molecule has 1 atom stereocenters. The van der Waals surface area contributed by atoms with Crippen molar-refractivity contribution >= 4 is 11.8 Å². The van der Waals surface area contributed by atoms with Gasteiger partial charge in [-0.2, -0.15) is 0 Å². The third-order valence-electron chi connectivity index (χ3n) is 3.62. The number of benzene rings is 1. The van der Waals surface area contributed by atoms with Crippen LogP contribution in [0.5, 0.6) is 11.5 Å². The Morgan fingerprint density at radius 3 is 2.24 bits per heavy atom. The van der Waals surface area contributed by atoms with Crippen LogP contribution in [0.1, 0.15) is 36.7 Å². The van der Waals surface area contributed by atoms with E-state index in [0.717, 1.165) is 0 Å². The van der Waals surface area contributed by atoms with Gasteiger partial charge in [-0.1, -0.05) is 0 Å². The summed E-state index contributed by atoms with van der Waals surface area (Å²) in [4.78, 5) is 40.9. The standard InChI is InChI=1S/C16H19NO8/c1-15(2,3)24-14(19)16(25-17(20)21)8-9-6-11(22-4)12(23-5)7-10(9)13(16)18/h6-7H,8H2,1-5H3/t16-/m1/s1. The fourth-order valence-electron chi connectivity index (χ4n) is 2.61. The molecule has 9 nitrogen and oxygen atoms in total. The number of nitrogens with zero attached hydrogens (tertiary/aromatic N) is 1. The zero-order valence-corrected chi connectivity index (χ0v) is 14.6. The van der Waals surface area contributed by atoms with Gasteiger partial charge in [0.1, 0.15) is 5.60 Å². The lowest BCUT2D eigenvalue weighted by Crippen LogP contribution is -2.51. The summed E-state index contributed by atoms with van der Waals surface area (Å²) in [7, 11) is 2.80. The first kappa shape index (κ1) is 18.5. The van der Waals surface area contributed by atoms with Gasteiger partial charge in [0.25, 0.3) is 10.7 Å². The molecule has 0 saturated carbocycles. The first-order valence-electron chi connectivity index (χ1n) is 7.40. The minimum absolute atomic E-state index is 0.0883. The average molecular weight is 353 g/mol. The van der Waals surface area contributed by atoms with Crippen LogP contribution in [0.25, 0.3) is 0 Å². The van der Waals surface area contributed by atoms with E-state index in [9.17, 15) is 19.7 Å². The van der Waals surface area contributed by atoms with Crippen molar-refractivity contribution in [2.45, 2.75) is 38.4 Å². The number of methoxy groups -OCH3 is 2. The maximum atomic E-state index is 12.8. The van der Waals surface area contributed by atoms with Crippen LogP contribution in [0.3, 0.4) is 0 Å². The molecule has 9 heteroatoms. The minimum atomic E-state index is -2.38. The number of rotatable bonds is 5. The maximum absolute atomic E-state index is 12.8. The Bertz CT molecular complexity index is 736. The fraction of sp³-hybridized carbons (Fsp3) is 0.500. The summed E-state index contributed by atoms with van der Waals surface area (Å²) in [6.07, 6.45) is -0.336. The minimum Gasteiger partial charge on any atom is -0.493 e. The summed E-state index contributed by atoms with van der Waals surface area (Å²) in [5.41, 5.74) is -2.87. The van der Waals surface area contributed by atoms with Crippen LogP contribution in [-0.2, 0) is 20.8 Å². The molecule has 0 radical (unpaired) electrons. The first-order chi connectivity index (χ1) is 11.5. The Kier molecular flexibility index (Phi) is 4.61. The predicted octanol–water partition coefficient (Wildman–Crippen LogP) is 1.73. The Morgan fingerprint density at radius 2 is 1.76 bits per heavy atom. The van der Waals surface area contributed by atoms with Crippen LogP contribution in [0.4, 0.5) is 0 Å². The monoisotopic (exact) mass is 353 g/mol. The van der Waals surface area contributed by atoms with E-state index < -0.39 is 28.0 Å². The lowest BCUT2D eigenvalue weighted by Gasteiger charge is -2.28. The lowest BCUT2D eigenvalue weighted by atomic mass is 9.98. The number of fused-ring (bicyclic) bond motifs is 1. The number of ketones is 1. The smallest absolute Gasteiger partial charge is 0.347 e. The van der Waals surface area contributed by atoms with Gasteiger partial charge in [-0.25, -0.2) is 4.79 Å². The van der Waals surface area contributed by atoms with Crippen LogP contribution >= 0.6 is 0 Å².